The van der Waals surface area contributed by atoms with E-state index in [0.29, 0.717) is 5.92 Å². The summed E-state index contributed by atoms with van der Waals surface area (Å²) < 4.78 is 2.46. The van der Waals surface area contributed by atoms with Crippen molar-refractivity contribution in [3.63, 3.8) is 0 Å². The van der Waals surface area contributed by atoms with Crippen molar-refractivity contribution in [2.24, 2.45) is 5.92 Å². The predicted molar refractivity (Wildman–Crippen MR) is 79.0 cm³/mol. The van der Waals surface area contributed by atoms with Gasteiger partial charge in [-0.25, -0.2) is 0 Å². The van der Waals surface area contributed by atoms with Crippen LogP contribution in [0.3, 0.4) is 0 Å². The van der Waals surface area contributed by atoms with Gasteiger partial charge in [0.25, 0.3) is 0 Å². The Morgan fingerprint density at radius 1 is 0.944 bits per heavy atom. The third kappa shape index (κ3) is 1.62. The Balaban J connectivity index is 2.46. The van der Waals surface area contributed by atoms with Crippen molar-refractivity contribution >= 4 is 21.8 Å². The molecular weight excluding hydrogens is 218 g/mol. The molecule has 0 saturated heterocycles. The maximum atomic E-state index is 2.46. The number of aryl methyl sites for hydroxylation is 1. The standard InChI is InChI=1S/C17H19N/c1-12(2)11-18-15-9-5-4-8-14(15)17-13(3)7-6-10-16(17)18/h4-10,12H,11H2,1-3H3. The van der Waals surface area contributed by atoms with Crippen LogP contribution in [0.2, 0.25) is 0 Å². The number of hydrogen-bond donors (Lipinski definition) is 0. The van der Waals surface area contributed by atoms with Crippen LogP contribution in [-0.4, -0.2) is 4.57 Å². The smallest absolute Gasteiger partial charge is 0.0494 e. The number of nitrogens with zero attached hydrogens (tertiary/aromatic N) is 1. The first kappa shape index (κ1) is 11.3. The molecule has 2 aromatic carbocycles. The van der Waals surface area contributed by atoms with Gasteiger partial charge in [0.2, 0.25) is 0 Å². The van der Waals surface area contributed by atoms with Gasteiger partial charge in [-0.2, -0.15) is 0 Å². The Bertz CT molecular complexity index is 704. The second kappa shape index (κ2) is 4.16. The van der Waals surface area contributed by atoms with E-state index < -0.39 is 0 Å². The predicted octanol–water partition coefficient (Wildman–Crippen LogP) is 4.76. The summed E-state index contributed by atoms with van der Waals surface area (Å²) in [4.78, 5) is 0. The zero-order valence-electron chi connectivity index (χ0n) is 11.3. The third-order valence-electron chi connectivity index (χ3n) is 3.55. The average Bonchev–Trinajstić information content (AvgIpc) is 2.65. The number of benzene rings is 2. The van der Waals surface area contributed by atoms with Crippen LogP contribution < -0.4 is 0 Å². The molecule has 92 valence electrons. The summed E-state index contributed by atoms with van der Waals surface area (Å²) in [6.07, 6.45) is 0. The first-order valence-electron chi connectivity index (χ1n) is 6.65. The number of para-hydroxylation sites is 1. The van der Waals surface area contributed by atoms with Crippen molar-refractivity contribution in [3.05, 3.63) is 48.0 Å². The van der Waals surface area contributed by atoms with E-state index in [1.54, 1.807) is 0 Å². The number of hydrogen-bond acceptors (Lipinski definition) is 0. The molecule has 3 rings (SSSR count). The van der Waals surface area contributed by atoms with E-state index in [0.717, 1.165) is 6.54 Å². The van der Waals surface area contributed by atoms with E-state index in [1.807, 2.05) is 0 Å². The molecule has 1 aromatic heterocycles. The minimum Gasteiger partial charge on any atom is -0.340 e. The molecule has 0 saturated carbocycles. The van der Waals surface area contributed by atoms with Gasteiger partial charge in [-0.3, -0.25) is 0 Å². The number of rotatable bonds is 2. The van der Waals surface area contributed by atoms with Gasteiger partial charge in [0, 0.05) is 28.4 Å². The highest BCUT2D eigenvalue weighted by Crippen LogP contribution is 2.31. The van der Waals surface area contributed by atoms with Crippen LogP contribution in [0.5, 0.6) is 0 Å². The molecule has 0 atom stereocenters. The minimum absolute atomic E-state index is 0.657. The van der Waals surface area contributed by atoms with Gasteiger partial charge >= 0.3 is 0 Å². The lowest BCUT2D eigenvalue weighted by molar-refractivity contribution is 0.545. The van der Waals surface area contributed by atoms with Gasteiger partial charge in [0.1, 0.15) is 0 Å². The highest BCUT2D eigenvalue weighted by Gasteiger charge is 2.11. The Labute approximate surface area is 108 Å². The van der Waals surface area contributed by atoms with Crippen LogP contribution in [0.1, 0.15) is 19.4 Å². The minimum atomic E-state index is 0.657. The highest BCUT2D eigenvalue weighted by atomic mass is 15.0. The highest BCUT2D eigenvalue weighted by molar-refractivity contribution is 6.09. The van der Waals surface area contributed by atoms with Crippen LogP contribution in [0.15, 0.2) is 42.5 Å². The molecule has 1 nitrogen and oxygen atoms in total. The molecule has 0 spiro atoms. The largest absolute Gasteiger partial charge is 0.340 e. The summed E-state index contributed by atoms with van der Waals surface area (Å²) >= 11 is 0. The van der Waals surface area contributed by atoms with E-state index >= 15 is 0 Å². The van der Waals surface area contributed by atoms with E-state index in [4.69, 9.17) is 0 Å². The van der Waals surface area contributed by atoms with Crippen LogP contribution in [0.4, 0.5) is 0 Å². The molecule has 1 heterocycles. The normalized spacial score (nSPS) is 11.8. The van der Waals surface area contributed by atoms with E-state index in [2.05, 4.69) is 67.8 Å². The fourth-order valence-corrected chi connectivity index (χ4v) is 2.84. The topological polar surface area (TPSA) is 4.93 Å². The Morgan fingerprint density at radius 2 is 1.67 bits per heavy atom. The molecule has 3 aromatic rings. The summed E-state index contributed by atoms with van der Waals surface area (Å²) in [5, 5.41) is 2.79. The molecule has 1 heteroatoms. The fourth-order valence-electron chi connectivity index (χ4n) is 2.84. The molecular formula is C17H19N. The summed E-state index contributed by atoms with van der Waals surface area (Å²) in [5.74, 6) is 0.657. The first-order chi connectivity index (χ1) is 8.68. The van der Waals surface area contributed by atoms with Crippen molar-refractivity contribution in [2.75, 3.05) is 0 Å². The van der Waals surface area contributed by atoms with Gasteiger partial charge < -0.3 is 4.57 Å². The van der Waals surface area contributed by atoms with Gasteiger partial charge in [-0.15, -0.1) is 0 Å². The second-order valence-corrected chi connectivity index (χ2v) is 5.49. The molecule has 0 fully saturated rings. The molecule has 0 aliphatic heterocycles. The zero-order chi connectivity index (χ0) is 12.7. The SMILES string of the molecule is Cc1cccc2c1c1ccccc1n2CC(C)C. The Kier molecular flexibility index (Phi) is 2.62. The molecule has 0 bridgehead atoms. The molecule has 18 heavy (non-hydrogen) atoms. The van der Waals surface area contributed by atoms with Gasteiger partial charge in [0.15, 0.2) is 0 Å². The van der Waals surface area contributed by atoms with Gasteiger partial charge in [0.05, 0.1) is 0 Å². The molecule has 0 radical (unpaired) electrons. The van der Waals surface area contributed by atoms with Crippen LogP contribution in [-0.2, 0) is 6.54 Å². The molecule has 0 amide bonds. The van der Waals surface area contributed by atoms with Crippen LogP contribution >= 0.6 is 0 Å². The van der Waals surface area contributed by atoms with Crippen molar-refractivity contribution in [1.82, 2.24) is 4.57 Å². The van der Waals surface area contributed by atoms with Crippen molar-refractivity contribution in [1.29, 1.82) is 0 Å². The monoisotopic (exact) mass is 237 g/mol. The third-order valence-corrected chi connectivity index (χ3v) is 3.55. The number of fused-ring (bicyclic) bond motifs is 3. The summed E-state index contributed by atoms with van der Waals surface area (Å²) in [5.41, 5.74) is 4.09. The Hall–Kier alpha value is -1.76. The van der Waals surface area contributed by atoms with Crippen molar-refractivity contribution < 1.29 is 0 Å². The zero-order valence-corrected chi connectivity index (χ0v) is 11.3. The van der Waals surface area contributed by atoms with E-state index in [-0.39, 0.29) is 0 Å². The quantitative estimate of drug-likeness (QED) is 0.605. The summed E-state index contributed by atoms with van der Waals surface area (Å²) in [6.45, 7) is 7.83. The lowest BCUT2D eigenvalue weighted by atomic mass is 10.1. The summed E-state index contributed by atoms with van der Waals surface area (Å²) in [7, 11) is 0. The maximum Gasteiger partial charge on any atom is 0.0494 e. The lowest BCUT2D eigenvalue weighted by Gasteiger charge is -2.10. The van der Waals surface area contributed by atoms with E-state index in [9.17, 15) is 0 Å². The van der Waals surface area contributed by atoms with Crippen LogP contribution in [0, 0.1) is 12.8 Å². The van der Waals surface area contributed by atoms with E-state index in [1.165, 1.54) is 27.4 Å². The second-order valence-electron chi connectivity index (χ2n) is 5.49. The van der Waals surface area contributed by atoms with Crippen molar-refractivity contribution in [2.45, 2.75) is 27.3 Å². The molecule has 0 aliphatic rings. The van der Waals surface area contributed by atoms with Crippen LogP contribution in [0.25, 0.3) is 21.8 Å². The lowest BCUT2D eigenvalue weighted by Crippen LogP contribution is -2.03. The first-order valence-corrected chi connectivity index (χ1v) is 6.65. The average molecular weight is 237 g/mol. The maximum absolute atomic E-state index is 2.46. The van der Waals surface area contributed by atoms with Gasteiger partial charge in [-0.05, 0) is 30.5 Å². The number of aromatic nitrogens is 1. The van der Waals surface area contributed by atoms with Crippen molar-refractivity contribution in [3.8, 4) is 0 Å². The molecule has 0 N–H and O–H groups in total. The molecule has 0 unspecified atom stereocenters. The fraction of sp³-hybridized carbons (Fsp3) is 0.294. The molecule has 0 aliphatic carbocycles. The summed E-state index contributed by atoms with van der Waals surface area (Å²) in [6, 6.07) is 15.3. The Morgan fingerprint density at radius 3 is 2.44 bits per heavy atom. The van der Waals surface area contributed by atoms with Gasteiger partial charge in [-0.1, -0.05) is 44.2 Å².